The zero-order valence-corrected chi connectivity index (χ0v) is 61.7. The summed E-state index contributed by atoms with van der Waals surface area (Å²) in [5, 5.41) is 21.2. The van der Waals surface area contributed by atoms with Crippen molar-refractivity contribution in [3.8, 4) is 33.4 Å². The van der Waals surface area contributed by atoms with Crippen LogP contribution in [0.4, 0.5) is 0 Å². The van der Waals surface area contributed by atoms with Gasteiger partial charge in [0.05, 0.1) is 0 Å². The third-order valence-corrected chi connectivity index (χ3v) is 20.9. The van der Waals surface area contributed by atoms with E-state index in [1.807, 2.05) is 12.1 Å². The van der Waals surface area contributed by atoms with Gasteiger partial charge in [-0.05, 0) is 218 Å². The van der Waals surface area contributed by atoms with Crippen LogP contribution in [0.15, 0.2) is 430 Å². The minimum Gasteiger partial charge on any atom is -0.0622 e. The fourth-order valence-electron chi connectivity index (χ4n) is 15.4. The van der Waals surface area contributed by atoms with E-state index in [9.17, 15) is 0 Å². The lowest BCUT2D eigenvalue weighted by molar-refractivity contribution is 0.711. The predicted octanol–water partition coefficient (Wildman–Crippen LogP) is 30.1. The Morgan fingerprint density at radius 2 is 0.454 bits per heavy atom. The van der Waals surface area contributed by atoms with Crippen molar-refractivity contribution >= 4 is 91.8 Å². The van der Waals surface area contributed by atoms with Crippen molar-refractivity contribution in [2.45, 2.75) is 52.4 Å². The molecular formula is C108H88. The van der Waals surface area contributed by atoms with Crippen LogP contribution < -0.4 is 0 Å². The molecule has 0 nitrogen and oxygen atoms in total. The normalized spacial score (nSPS) is 11.9. The van der Waals surface area contributed by atoms with Gasteiger partial charge in [0, 0.05) is 0 Å². The standard InChI is InChI=1S/C18H12.C18H14.2C14H10.C13H14.C13H10.C10H8.C8H10/c1-2-8-14-13(7-1)15-9-3-4-11-17(15)18-12-6-5-10-16(14)18;1-3-8-15(9-4-1)17-12-7-13-18(14-17)16-10-5-2-6-11-16;1-3-7-13-11(5-1)9-10-12-6-2-4-8-14(12)13;1-2-6-12-10-14-8-4-3-7-13(14)9-11(12)5-1;2*1-3-7-12-10(5-1)9-11-6-2-4-8-13(11)12;1-2-6-10-8-4-3-7-9(10)5-1;1-7-3-5-8(2)6-4-7/h1-12H;1-14H;2*1-10H;1,3,5,7H,2,4,6,8-9H2;1-8H,9H2;1-8H;3-6H,1-2H3. The Morgan fingerprint density at radius 1 is 0.176 bits per heavy atom. The predicted molar refractivity (Wildman–Crippen MR) is 469 cm³/mol. The third kappa shape index (κ3) is 17.0. The summed E-state index contributed by atoms with van der Waals surface area (Å²) >= 11 is 0. The molecule has 0 heteroatoms. The topological polar surface area (TPSA) is 0 Å². The first kappa shape index (κ1) is 70.7. The molecule has 0 unspecified atom stereocenters. The molecule has 0 spiro atoms. The van der Waals surface area contributed by atoms with Gasteiger partial charge in [-0.3, -0.25) is 0 Å². The molecule has 108 heavy (non-hydrogen) atoms. The number of aryl methyl sites for hydroxylation is 2. The second kappa shape index (κ2) is 34.7. The van der Waals surface area contributed by atoms with E-state index in [2.05, 4.69) is 426 Å². The summed E-state index contributed by atoms with van der Waals surface area (Å²) in [6.45, 7) is 4.19. The molecule has 22 rings (SSSR count). The van der Waals surface area contributed by atoms with Crippen LogP contribution in [0.25, 0.3) is 125 Å². The Labute approximate surface area is 636 Å². The molecule has 0 saturated heterocycles. The van der Waals surface area contributed by atoms with Crippen LogP contribution in [0.2, 0.25) is 0 Å². The van der Waals surface area contributed by atoms with Crippen LogP contribution in [0.1, 0.15) is 59.1 Å². The molecule has 3 aliphatic carbocycles. The zero-order chi connectivity index (χ0) is 73.1. The summed E-state index contributed by atoms with van der Waals surface area (Å²) in [4.78, 5) is 0. The minimum atomic E-state index is 1.10. The molecule has 0 amide bonds. The molecule has 0 aliphatic heterocycles. The van der Waals surface area contributed by atoms with Crippen molar-refractivity contribution in [2.75, 3.05) is 0 Å². The number of hydrogen-bond acceptors (Lipinski definition) is 0. The molecule has 0 N–H and O–H groups in total. The van der Waals surface area contributed by atoms with Crippen molar-refractivity contribution in [1.82, 2.24) is 0 Å². The van der Waals surface area contributed by atoms with E-state index in [0.717, 1.165) is 6.42 Å². The van der Waals surface area contributed by atoms with Crippen molar-refractivity contribution in [2.24, 2.45) is 0 Å². The van der Waals surface area contributed by atoms with Crippen LogP contribution in [-0.2, 0) is 12.8 Å². The van der Waals surface area contributed by atoms with Gasteiger partial charge in [0.25, 0.3) is 0 Å². The number of hydrogen-bond donors (Lipinski definition) is 0. The first-order chi connectivity index (χ1) is 53.4. The second-order valence-electron chi connectivity index (χ2n) is 28.1. The van der Waals surface area contributed by atoms with Gasteiger partial charge in [0.15, 0.2) is 0 Å². The van der Waals surface area contributed by atoms with E-state index in [-0.39, 0.29) is 0 Å². The maximum atomic E-state index is 2.29. The molecular weight excluding hydrogens is 1300 g/mol. The Balaban J connectivity index is 0.0000000994. The SMILES string of the molecule is Cc1ccc(C)cc1.c1ccc(-c2cccc(-c3ccccc3)c2)cc1.c1ccc2c(c1)CC1=C2CCCC1.c1ccc2c(c1)Cc1ccccc1-2.c1ccc2c(c1)c1ccccc1c1ccccc21.c1ccc2c(c1)ccc1ccccc12.c1ccc2cc3ccccc3cc2c1.c1ccc2ccccc2c1. The van der Waals surface area contributed by atoms with Crippen LogP contribution in [0, 0.1) is 13.8 Å². The average Bonchev–Trinajstić information content (AvgIpc) is 1.17. The highest BCUT2D eigenvalue weighted by molar-refractivity contribution is 6.25. The molecule has 0 heterocycles. The lowest BCUT2D eigenvalue weighted by atomic mass is 9.92. The first-order valence-corrected chi connectivity index (χ1v) is 38.1. The molecule has 0 atom stereocenters. The lowest BCUT2D eigenvalue weighted by Gasteiger charge is -2.13. The van der Waals surface area contributed by atoms with Crippen molar-refractivity contribution in [1.29, 1.82) is 0 Å². The smallest absolute Gasteiger partial charge is 0.00135 e. The van der Waals surface area contributed by atoms with Gasteiger partial charge in [-0.25, -0.2) is 0 Å². The molecule has 0 radical (unpaired) electrons. The quantitative estimate of drug-likeness (QED) is 0.120. The van der Waals surface area contributed by atoms with Gasteiger partial charge < -0.3 is 0 Å². The Bertz CT molecular complexity index is 5680. The molecule has 0 bridgehead atoms. The highest BCUT2D eigenvalue weighted by Crippen LogP contribution is 2.42. The molecule has 19 aromatic rings. The van der Waals surface area contributed by atoms with Crippen LogP contribution in [0.5, 0.6) is 0 Å². The second-order valence-corrected chi connectivity index (χ2v) is 28.1. The molecule has 3 aliphatic rings. The summed E-state index contributed by atoms with van der Waals surface area (Å²) in [7, 11) is 0. The van der Waals surface area contributed by atoms with E-state index in [0.29, 0.717) is 0 Å². The van der Waals surface area contributed by atoms with E-state index < -0.39 is 0 Å². The van der Waals surface area contributed by atoms with Crippen LogP contribution in [0.3, 0.4) is 0 Å². The highest BCUT2D eigenvalue weighted by Gasteiger charge is 2.23. The average molecular weight is 1390 g/mol. The van der Waals surface area contributed by atoms with Gasteiger partial charge in [-0.1, -0.05) is 423 Å². The van der Waals surface area contributed by atoms with E-state index in [4.69, 9.17) is 0 Å². The number of allylic oxidation sites excluding steroid dienone is 2. The summed E-state index contributed by atoms with van der Waals surface area (Å²) in [5.74, 6) is 0. The van der Waals surface area contributed by atoms with Crippen molar-refractivity contribution in [3.63, 3.8) is 0 Å². The largest absolute Gasteiger partial charge is 0.0622 e. The summed E-state index contributed by atoms with van der Waals surface area (Å²) < 4.78 is 0. The third-order valence-electron chi connectivity index (χ3n) is 20.9. The van der Waals surface area contributed by atoms with Crippen molar-refractivity contribution < 1.29 is 0 Å². The van der Waals surface area contributed by atoms with Crippen LogP contribution >= 0.6 is 0 Å². The Morgan fingerprint density at radius 3 is 0.833 bits per heavy atom. The highest BCUT2D eigenvalue weighted by atomic mass is 14.3. The zero-order valence-electron chi connectivity index (χ0n) is 61.7. The van der Waals surface area contributed by atoms with Gasteiger partial charge in [0.2, 0.25) is 0 Å². The van der Waals surface area contributed by atoms with Gasteiger partial charge in [-0.2, -0.15) is 0 Å². The number of rotatable bonds is 2. The lowest BCUT2D eigenvalue weighted by Crippen LogP contribution is -1.93. The fourth-order valence-corrected chi connectivity index (χ4v) is 15.4. The fraction of sp³-hybridized carbons (Fsp3) is 0.0741. The molecule has 0 fully saturated rings. The molecule has 520 valence electrons. The Hall–Kier alpha value is -13.0. The van der Waals surface area contributed by atoms with Gasteiger partial charge in [0.1, 0.15) is 0 Å². The maximum Gasteiger partial charge on any atom is -0.00135 e. The van der Waals surface area contributed by atoms with Gasteiger partial charge in [-0.15, -0.1) is 0 Å². The molecule has 19 aromatic carbocycles. The van der Waals surface area contributed by atoms with Crippen molar-refractivity contribution in [3.05, 3.63) is 464 Å². The number of fused-ring (bicyclic) bond motifs is 17. The molecule has 0 aromatic heterocycles. The molecule has 0 saturated carbocycles. The van der Waals surface area contributed by atoms with E-state index in [1.54, 1.807) is 22.3 Å². The maximum absolute atomic E-state index is 2.29. The minimum absolute atomic E-state index is 1.10. The monoisotopic (exact) mass is 1380 g/mol. The summed E-state index contributed by atoms with van der Waals surface area (Å²) in [6.07, 6.45) is 7.83. The summed E-state index contributed by atoms with van der Waals surface area (Å²) in [6, 6.07) is 150. The van der Waals surface area contributed by atoms with E-state index in [1.165, 1.54) is 174 Å². The Kier molecular flexibility index (Phi) is 22.7. The van der Waals surface area contributed by atoms with E-state index >= 15 is 0 Å². The number of benzene rings is 19. The van der Waals surface area contributed by atoms with Crippen LogP contribution in [-0.4, -0.2) is 0 Å². The van der Waals surface area contributed by atoms with Gasteiger partial charge >= 0.3 is 0 Å². The first-order valence-electron chi connectivity index (χ1n) is 38.1. The summed E-state index contributed by atoms with van der Waals surface area (Å²) in [5.41, 5.74) is 20.0.